The van der Waals surface area contributed by atoms with Crippen LogP contribution in [0.2, 0.25) is 0 Å². The molecule has 116 valence electrons. The predicted octanol–water partition coefficient (Wildman–Crippen LogP) is 3.23. The molecule has 0 aromatic carbocycles. The van der Waals surface area contributed by atoms with E-state index in [0.29, 0.717) is 6.61 Å². The van der Waals surface area contributed by atoms with Crippen LogP contribution in [0.25, 0.3) is 11.3 Å². The fourth-order valence-corrected chi connectivity index (χ4v) is 3.49. The molecule has 1 saturated heterocycles. The molecule has 1 atom stereocenters. The molecule has 22 heavy (non-hydrogen) atoms. The van der Waals surface area contributed by atoms with Crippen LogP contribution in [0.3, 0.4) is 0 Å². The van der Waals surface area contributed by atoms with Crippen LogP contribution < -0.4 is 0 Å². The van der Waals surface area contributed by atoms with Crippen molar-refractivity contribution < 1.29 is 9.47 Å². The van der Waals surface area contributed by atoms with E-state index in [0.717, 1.165) is 29.8 Å². The van der Waals surface area contributed by atoms with Gasteiger partial charge in [0.15, 0.2) is 5.79 Å². The average Bonchev–Trinajstić information content (AvgIpc) is 3.13. The van der Waals surface area contributed by atoms with Gasteiger partial charge in [0.05, 0.1) is 18.0 Å². The van der Waals surface area contributed by atoms with Crippen molar-refractivity contribution in [3.63, 3.8) is 0 Å². The van der Waals surface area contributed by atoms with E-state index in [4.69, 9.17) is 9.47 Å². The van der Waals surface area contributed by atoms with Gasteiger partial charge in [-0.05, 0) is 31.0 Å². The van der Waals surface area contributed by atoms with Crippen LogP contribution in [-0.4, -0.2) is 27.2 Å². The number of rotatable bonds is 2. The molecule has 1 saturated carbocycles. The maximum atomic E-state index is 6.31. The number of hydrogen-bond acceptors (Lipinski definition) is 4. The van der Waals surface area contributed by atoms with Gasteiger partial charge >= 0.3 is 0 Å². The lowest BCUT2D eigenvalue weighted by Crippen LogP contribution is -2.32. The van der Waals surface area contributed by atoms with Crippen LogP contribution in [0.5, 0.6) is 0 Å². The zero-order valence-corrected chi connectivity index (χ0v) is 12.9. The van der Waals surface area contributed by atoms with E-state index < -0.39 is 0 Å². The molecular formula is C17H21N3O2. The van der Waals surface area contributed by atoms with Gasteiger partial charge in [-0.1, -0.05) is 6.42 Å². The highest BCUT2D eigenvalue weighted by atomic mass is 16.7. The minimum Gasteiger partial charge on any atom is -0.347 e. The molecule has 1 aliphatic heterocycles. The molecule has 4 rings (SSSR count). The first-order valence-electron chi connectivity index (χ1n) is 8.02. The van der Waals surface area contributed by atoms with Gasteiger partial charge in [-0.15, -0.1) is 0 Å². The van der Waals surface area contributed by atoms with Gasteiger partial charge in [0.1, 0.15) is 6.10 Å². The summed E-state index contributed by atoms with van der Waals surface area (Å²) in [6.45, 7) is 0.617. The van der Waals surface area contributed by atoms with E-state index in [9.17, 15) is 0 Å². The van der Waals surface area contributed by atoms with E-state index >= 15 is 0 Å². The number of aromatic nitrogens is 3. The SMILES string of the molecule is Cn1nc(-c2cccnc2)cc1C1COC2(CCCCC2)O1. The molecule has 2 aromatic heterocycles. The van der Waals surface area contributed by atoms with E-state index in [1.807, 2.05) is 30.1 Å². The summed E-state index contributed by atoms with van der Waals surface area (Å²) in [4.78, 5) is 4.16. The Balaban J connectivity index is 1.57. The summed E-state index contributed by atoms with van der Waals surface area (Å²) in [6.07, 6.45) is 9.28. The molecule has 1 unspecified atom stereocenters. The van der Waals surface area contributed by atoms with Crippen molar-refractivity contribution in [1.29, 1.82) is 0 Å². The number of aryl methyl sites for hydroxylation is 1. The lowest BCUT2D eigenvalue weighted by atomic mass is 9.94. The Hall–Kier alpha value is -1.72. The first-order valence-corrected chi connectivity index (χ1v) is 8.02. The number of hydrogen-bond donors (Lipinski definition) is 0. The van der Waals surface area contributed by atoms with Crippen molar-refractivity contribution in [2.75, 3.05) is 6.61 Å². The van der Waals surface area contributed by atoms with Gasteiger partial charge in [-0.25, -0.2) is 0 Å². The highest BCUT2D eigenvalue weighted by molar-refractivity contribution is 5.58. The Labute approximate surface area is 130 Å². The summed E-state index contributed by atoms with van der Waals surface area (Å²) in [5, 5.41) is 4.60. The van der Waals surface area contributed by atoms with Crippen LogP contribution >= 0.6 is 0 Å². The summed E-state index contributed by atoms with van der Waals surface area (Å²) >= 11 is 0. The average molecular weight is 299 g/mol. The van der Waals surface area contributed by atoms with Crippen LogP contribution in [0.4, 0.5) is 0 Å². The molecule has 1 spiro atoms. The molecule has 0 amide bonds. The third-order valence-corrected chi connectivity index (χ3v) is 4.67. The van der Waals surface area contributed by atoms with Gasteiger partial charge in [-0.2, -0.15) is 5.10 Å². The van der Waals surface area contributed by atoms with Crippen LogP contribution in [-0.2, 0) is 16.5 Å². The van der Waals surface area contributed by atoms with Crippen molar-refractivity contribution >= 4 is 0 Å². The minimum absolute atomic E-state index is 0.0268. The Morgan fingerprint density at radius 2 is 2.14 bits per heavy atom. The van der Waals surface area contributed by atoms with E-state index in [1.54, 1.807) is 6.20 Å². The second-order valence-electron chi connectivity index (χ2n) is 6.21. The Morgan fingerprint density at radius 3 is 2.91 bits per heavy atom. The Kier molecular flexibility index (Phi) is 3.47. The third kappa shape index (κ3) is 2.44. The first-order chi connectivity index (χ1) is 10.8. The highest BCUT2D eigenvalue weighted by Crippen LogP contribution is 2.42. The van der Waals surface area contributed by atoms with Gasteiger partial charge in [-0.3, -0.25) is 9.67 Å². The van der Waals surface area contributed by atoms with E-state index in [1.165, 1.54) is 19.3 Å². The van der Waals surface area contributed by atoms with Crippen LogP contribution in [0.15, 0.2) is 30.6 Å². The Morgan fingerprint density at radius 1 is 1.27 bits per heavy atom. The van der Waals surface area contributed by atoms with Crippen LogP contribution in [0.1, 0.15) is 43.9 Å². The largest absolute Gasteiger partial charge is 0.347 e. The molecule has 5 nitrogen and oxygen atoms in total. The third-order valence-electron chi connectivity index (χ3n) is 4.67. The molecule has 0 bridgehead atoms. The molecular weight excluding hydrogens is 278 g/mol. The zero-order chi connectivity index (χ0) is 15.0. The minimum atomic E-state index is -0.346. The summed E-state index contributed by atoms with van der Waals surface area (Å²) in [5.74, 6) is -0.346. The number of ether oxygens (including phenoxy) is 2. The molecule has 2 aromatic rings. The maximum absolute atomic E-state index is 6.31. The van der Waals surface area contributed by atoms with Crippen molar-refractivity contribution in [3.05, 3.63) is 36.3 Å². The summed E-state index contributed by atoms with van der Waals surface area (Å²) < 4.78 is 14.3. The maximum Gasteiger partial charge on any atom is 0.169 e. The smallest absolute Gasteiger partial charge is 0.169 e. The van der Waals surface area contributed by atoms with Crippen molar-refractivity contribution in [2.45, 2.75) is 44.0 Å². The zero-order valence-electron chi connectivity index (χ0n) is 12.9. The molecule has 5 heteroatoms. The molecule has 0 N–H and O–H groups in total. The highest BCUT2D eigenvalue weighted by Gasteiger charge is 2.43. The quantitative estimate of drug-likeness (QED) is 0.854. The van der Waals surface area contributed by atoms with Crippen molar-refractivity contribution in [2.24, 2.45) is 7.05 Å². The van der Waals surface area contributed by atoms with Crippen LogP contribution in [0, 0.1) is 0 Å². The van der Waals surface area contributed by atoms with Gasteiger partial charge < -0.3 is 9.47 Å². The van der Waals surface area contributed by atoms with Crippen molar-refractivity contribution in [3.8, 4) is 11.3 Å². The topological polar surface area (TPSA) is 49.2 Å². The lowest BCUT2D eigenvalue weighted by Gasteiger charge is -2.31. The predicted molar refractivity (Wildman–Crippen MR) is 82.0 cm³/mol. The fourth-order valence-electron chi connectivity index (χ4n) is 3.49. The molecule has 2 aliphatic rings. The van der Waals surface area contributed by atoms with Crippen molar-refractivity contribution in [1.82, 2.24) is 14.8 Å². The summed E-state index contributed by atoms with van der Waals surface area (Å²) in [6, 6.07) is 6.04. The number of nitrogens with zero attached hydrogens (tertiary/aromatic N) is 3. The monoisotopic (exact) mass is 299 g/mol. The Bertz CT molecular complexity index is 647. The molecule has 3 heterocycles. The number of pyridine rings is 1. The van der Waals surface area contributed by atoms with Gasteiger partial charge in [0, 0.05) is 37.8 Å². The second kappa shape index (κ2) is 5.48. The standard InChI is InChI=1S/C17H21N3O2/c1-20-15(10-14(19-20)13-6-5-9-18-11-13)16-12-21-17(22-16)7-3-2-4-8-17/h5-6,9-11,16H,2-4,7-8,12H2,1H3. The normalized spacial score (nSPS) is 24.0. The summed E-state index contributed by atoms with van der Waals surface area (Å²) in [7, 11) is 1.96. The fraction of sp³-hybridized carbons (Fsp3) is 0.529. The molecule has 0 radical (unpaired) electrons. The van der Waals surface area contributed by atoms with Gasteiger partial charge in [0.25, 0.3) is 0 Å². The summed E-state index contributed by atoms with van der Waals surface area (Å²) in [5.41, 5.74) is 3.02. The molecule has 2 fully saturated rings. The molecule has 1 aliphatic carbocycles. The lowest BCUT2D eigenvalue weighted by molar-refractivity contribution is -0.188. The van der Waals surface area contributed by atoms with E-state index in [-0.39, 0.29) is 11.9 Å². The second-order valence-corrected chi connectivity index (χ2v) is 6.21. The van der Waals surface area contributed by atoms with E-state index in [2.05, 4.69) is 16.1 Å². The van der Waals surface area contributed by atoms with Gasteiger partial charge in [0.2, 0.25) is 0 Å². The first kappa shape index (κ1) is 13.9.